The monoisotopic (exact) mass is 271 g/mol. The van der Waals surface area contributed by atoms with E-state index in [4.69, 9.17) is 4.42 Å². The molecule has 19 heavy (non-hydrogen) atoms. The molecule has 0 aliphatic rings. The van der Waals surface area contributed by atoms with Gasteiger partial charge in [-0.25, -0.2) is 0 Å². The highest BCUT2D eigenvalue weighted by Crippen LogP contribution is 2.22. The molecule has 2 rings (SSSR count). The van der Waals surface area contributed by atoms with Crippen LogP contribution in [0.1, 0.15) is 16.1 Å². The fourth-order valence-corrected chi connectivity index (χ4v) is 1.75. The SMILES string of the molecule is Cc1cccc2cc(C(=O)CNCC(F)(F)F)oc12. The van der Waals surface area contributed by atoms with Gasteiger partial charge in [-0.05, 0) is 18.6 Å². The summed E-state index contributed by atoms with van der Waals surface area (Å²) in [6, 6.07) is 6.98. The quantitative estimate of drug-likeness (QED) is 0.869. The molecule has 1 N–H and O–H groups in total. The van der Waals surface area contributed by atoms with E-state index >= 15 is 0 Å². The summed E-state index contributed by atoms with van der Waals surface area (Å²) in [6.45, 7) is 0.234. The van der Waals surface area contributed by atoms with E-state index in [2.05, 4.69) is 0 Å². The first kappa shape index (κ1) is 13.6. The number of ketones is 1. The van der Waals surface area contributed by atoms with Crippen LogP contribution in [0.5, 0.6) is 0 Å². The van der Waals surface area contributed by atoms with Crippen molar-refractivity contribution in [2.24, 2.45) is 0 Å². The number of furan rings is 1. The van der Waals surface area contributed by atoms with E-state index in [0.717, 1.165) is 10.9 Å². The second-order valence-electron chi connectivity index (χ2n) is 4.25. The average Bonchev–Trinajstić information content (AvgIpc) is 2.72. The third kappa shape index (κ3) is 3.35. The summed E-state index contributed by atoms with van der Waals surface area (Å²) in [5.41, 5.74) is 1.46. The minimum atomic E-state index is -4.33. The van der Waals surface area contributed by atoms with Crippen molar-refractivity contribution >= 4 is 16.8 Å². The van der Waals surface area contributed by atoms with Crippen LogP contribution in [-0.4, -0.2) is 25.0 Å². The maximum absolute atomic E-state index is 11.9. The molecule has 0 fully saturated rings. The van der Waals surface area contributed by atoms with Crippen molar-refractivity contribution in [1.29, 1.82) is 0 Å². The van der Waals surface area contributed by atoms with Crippen LogP contribution in [0.25, 0.3) is 11.0 Å². The Kier molecular flexibility index (Phi) is 3.61. The van der Waals surface area contributed by atoms with Gasteiger partial charge in [0.1, 0.15) is 5.58 Å². The number of benzene rings is 1. The molecule has 102 valence electrons. The zero-order valence-corrected chi connectivity index (χ0v) is 10.2. The van der Waals surface area contributed by atoms with Crippen molar-refractivity contribution in [2.45, 2.75) is 13.1 Å². The Hall–Kier alpha value is -1.82. The zero-order chi connectivity index (χ0) is 14.0. The summed E-state index contributed by atoms with van der Waals surface area (Å²) in [5.74, 6) is -0.432. The van der Waals surface area contributed by atoms with Crippen LogP contribution in [-0.2, 0) is 0 Å². The van der Waals surface area contributed by atoms with Gasteiger partial charge in [-0.15, -0.1) is 0 Å². The van der Waals surface area contributed by atoms with Crippen LogP contribution >= 0.6 is 0 Å². The van der Waals surface area contributed by atoms with E-state index in [-0.39, 0.29) is 5.76 Å². The number of Topliss-reactive ketones (excluding diaryl/α,β-unsaturated/α-hetero) is 1. The summed E-state index contributed by atoms with van der Waals surface area (Å²) < 4.78 is 41.2. The molecule has 0 saturated heterocycles. The summed E-state index contributed by atoms with van der Waals surface area (Å²) in [7, 11) is 0. The molecule has 0 unspecified atom stereocenters. The molecule has 0 aliphatic heterocycles. The Morgan fingerprint density at radius 3 is 2.74 bits per heavy atom. The number of fused-ring (bicyclic) bond motifs is 1. The predicted octanol–water partition coefficient (Wildman–Crippen LogP) is 3.08. The molecule has 6 heteroatoms. The van der Waals surface area contributed by atoms with E-state index in [9.17, 15) is 18.0 Å². The standard InChI is InChI=1S/C13H12F3NO2/c1-8-3-2-4-9-5-11(19-12(8)9)10(18)6-17-7-13(14,15)16/h2-5,17H,6-7H2,1H3. The number of carbonyl (C=O) groups is 1. The highest BCUT2D eigenvalue weighted by atomic mass is 19.4. The molecule has 0 spiro atoms. The van der Waals surface area contributed by atoms with Gasteiger partial charge < -0.3 is 9.73 Å². The first-order valence-electron chi connectivity index (χ1n) is 5.66. The number of hydrogen-bond acceptors (Lipinski definition) is 3. The second kappa shape index (κ2) is 5.05. The van der Waals surface area contributed by atoms with E-state index in [1.807, 2.05) is 24.4 Å². The highest BCUT2D eigenvalue weighted by molar-refractivity contribution is 5.99. The number of para-hydroxylation sites is 1. The first-order chi connectivity index (χ1) is 8.87. The third-order valence-corrected chi connectivity index (χ3v) is 2.63. The predicted molar refractivity (Wildman–Crippen MR) is 64.2 cm³/mol. The van der Waals surface area contributed by atoms with Gasteiger partial charge in [0.15, 0.2) is 5.76 Å². The van der Waals surface area contributed by atoms with Crippen molar-refractivity contribution in [3.63, 3.8) is 0 Å². The Labute approximate surface area is 107 Å². The number of nitrogens with one attached hydrogen (secondary N) is 1. The lowest BCUT2D eigenvalue weighted by Crippen LogP contribution is -2.32. The van der Waals surface area contributed by atoms with Crippen molar-refractivity contribution < 1.29 is 22.4 Å². The highest BCUT2D eigenvalue weighted by Gasteiger charge is 2.26. The number of halogens is 3. The maximum atomic E-state index is 11.9. The Morgan fingerprint density at radius 1 is 1.37 bits per heavy atom. The van der Waals surface area contributed by atoms with Crippen molar-refractivity contribution in [1.82, 2.24) is 5.32 Å². The molecule has 1 heterocycles. The minimum absolute atomic E-state index is 0.0685. The van der Waals surface area contributed by atoms with Crippen LogP contribution in [0.2, 0.25) is 0 Å². The van der Waals surface area contributed by atoms with Gasteiger partial charge in [0.05, 0.1) is 13.1 Å². The second-order valence-corrected chi connectivity index (χ2v) is 4.25. The zero-order valence-electron chi connectivity index (χ0n) is 10.2. The molecule has 1 aromatic heterocycles. The van der Waals surface area contributed by atoms with Gasteiger partial charge in [0, 0.05) is 5.39 Å². The van der Waals surface area contributed by atoms with Crippen LogP contribution < -0.4 is 5.32 Å². The average molecular weight is 271 g/mol. The van der Waals surface area contributed by atoms with Crippen LogP contribution in [0.3, 0.4) is 0 Å². The summed E-state index contributed by atoms with van der Waals surface area (Å²) >= 11 is 0. The van der Waals surface area contributed by atoms with Gasteiger partial charge >= 0.3 is 6.18 Å². The Balaban J connectivity index is 2.08. The molecular weight excluding hydrogens is 259 g/mol. The molecule has 0 atom stereocenters. The lowest BCUT2D eigenvalue weighted by Gasteiger charge is -2.06. The van der Waals surface area contributed by atoms with Crippen molar-refractivity contribution in [3.05, 3.63) is 35.6 Å². The summed E-state index contributed by atoms with van der Waals surface area (Å²) in [5, 5.41) is 2.81. The molecule has 0 amide bonds. The van der Waals surface area contributed by atoms with Gasteiger partial charge in [-0.2, -0.15) is 13.2 Å². The Bertz CT molecular complexity index is 601. The van der Waals surface area contributed by atoms with E-state index < -0.39 is 25.0 Å². The number of rotatable bonds is 4. The van der Waals surface area contributed by atoms with Crippen LogP contribution in [0.15, 0.2) is 28.7 Å². The van der Waals surface area contributed by atoms with E-state index in [1.54, 1.807) is 12.1 Å². The van der Waals surface area contributed by atoms with E-state index in [0.29, 0.717) is 5.58 Å². The van der Waals surface area contributed by atoms with Gasteiger partial charge in [-0.1, -0.05) is 18.2 Å². The van der Waals surface area contributed by atoms with Crippen LogP contribution in [0, 0.1) is 6.92 Å². The van der Waals surface area contributed by atoms with Gasteiger partial charge in [0.25, 0.3) is 0 Å². The minimum Gasteiger partial charge on any atom is -0.453 e. The van der Waals surface area contributed by atoms with Gasteiger partial charge in [-0.3, -0.25) is 4.79 Å². The largest absolute Gasteiger partial charge is 0.453 e. The smallest absolute Gasteiger partial charge is 0.401 e. The number of hydrogen-bond donors (Lipinski definition) is 1. The molecule has 3 nitrogen and oxygen atoms in total. The van der Waals surface area contributed by atoms with Crippen molar-refractivity contribution in [2.75, 3.05) is 13.1 Å². The summed E-state index contributed by atoms with van der Waals surface area (Å²) in [6.07, 6.45) is -4.33. The molecule has 2 aromatic rings. The molecule has 0 bridgehead atoms. The van der Waals surface area contributed by atoms with Crippen molar-refractivity contribution in [3.8, 4) is 0 Å². The summed E-state index contributed by atoms with van der Waals surface area (Å²) in [4.78, 5) is 11.7. The molecule has 0 radical (unpaired) electrons. The lowest BCUT2D eigenvalue weighted by molar-refractivity contribution is -0.124. The molecular formula is C13H12F3NO2. The lowest BCUT2D eigenvalue weighted by atomic mass is 10.2. The van der Waals surface area contributed by atoms with Gasteiger partial charge in [0.2, 0.25) is 5.78 Å². The molecule has 1 aromatic carbocycles. The normalized spacial score (nSPS) is 12.0. The first-order valence-corrected chi connectivity index (χ1v) is 5.66. The number of alkyl halides is 3. The fourth-order valence-electron chi connectivity index (χ4n) is 1.75. The molecule has 0 saturated carbocycles. The van der Waals surface area contributed by atoms with E-state index in [1.165, 1.54) is 0 Å². The fraction of sp³-hybridized carbons (Fsp3) is 0.308. The number of carbonyl (C=O) groups excluding carboxylic acids is 1. The van der Waals surface area contributed by atoms with Crippen LogP contribution in [0.4, 0.5) is 13.2 Å². The third-order valence-electron chi connectivity index (χ3n) is 2.63. The molecule has 0 aliphatic carbocycles. The Morgan fingerprint density at radius 2 is 2.11 bits per heavy atom. The topological polar surface area (TPSA) is 42.2 Å². The number of aryl methyl sites for hydroxylation is 1. The maximum Gasteiger partial charge on any atom is 0.401 e.